The van der Waals surface area contributed by atoms with Gasteiger partial charge in [0.2, 0.25) is 0 Å². The quantitative estimate of drug-likeness (QED) is 0.788. The van der Waals surface area contributed by atoms with Crippen LogP contribution >= 0.6 is 23.2 Å². The number of aryl methyl sites for hydroxylation is 1. The summed E-state index contributed by atoms with van der Waals surface area (Å²) >= 11 is 11.8. The van der Waals surface area contributed by atoms with Crippen LogP contribution < -0.4 is 15.4 Å². The van der Waals surface area contributed by atoms with Crippen molar-refractivity contribution in [2.24, 2.45) is 0 Å². The lowest BCUT2D eigenvalue weighted by Crippen LogP contribution is -2.32. The molecule has 22 heavy (non-hydrogen) atoms. The Labute approximate surface area is 139 Å². The Kier molecular flexibility index (Phi) is 5.92. The van der Waals surface area contributed by atoms with Crippen molar-refractivity contribution in [3.05, 3.63) is 58.1 Å². The van der Waals surface area contributed by atoms with Crippen molar-refractivity contribution >= 4 is 34.9 Å². The predicted molar refractivity (Wildman–Crippen MR) is 90.2 cm³/mol. The third-order valence-corrected chi connectivity index (χ3v) is 3.47. The summed E-state index contributed by atoms with van der Waals surface area (Å²) in [5, 5.41) is 6.53. The molecule has 6 heteroatoms. The number of para-hydroxylation sites is 1. The van der Waals surface area contributed by atoms with Gasteiger partial charge < -0.3 is 15.4 Å². The first-order valence-corrected chi connectivity index (χ1v) is 7.50. The summed E-state index contributed by atoms with van der Waals surface area (Å²) in [6.45, 7) is 2.65. The van der Waals surface area contributed by atoms with E-state index in [0.717, 1.165) is 11.3 Å². The Hall–Kier alpha value is -1.91. The van der Waals surface area contributed by atoms with Gasteiger partial charge in [0.05, 0.1) is 17.3 Å². The van der Waals surface area contributed by atoms with E-state index in [4.69, 9.17) is 27.9 Å². The van der Waals surface area contributed by atoms with Gasteiger partial charge in [-0.3, -0.25) is 0 Å². The lowest BCUT2D eigenvalue weighted by Gasteiger charge is -2.11. The molecule has 0 fully saturated rings. The molecule has 0 unspecified atom stereocenters. The van der Waals surface area contributed by atoms with Gasteiger partial charge in [0, 0.05) is 5.02 Å². The molecule has 2 N–H and O–H groups in total. The van der Waals surface area contributed by atoms with E-state index in [2.05, 4.69) is 10.6 Å². The number of halogens is 2. The highest BCUT2D eigenvalue weighted by Gasteiger charge is 2.05. The number of nitrogens with one attached hydrogen (secondary N) is 2. The fourth-order valence-electron chi connectivity index (χ4n) is 1.83. The van der Waals surface area contributed by atoms with Crippen LogP contribution in [0, 0.1) is 6.92 Å². The molecule has 2 aromatic carbocycles. The number of ether oxygens (including phenoxy) is 1. The van der Waals surface area contributed by atoms with E-state index in [-0.39, 0.29) is 6.03 Å². The van der Waals surface area contributed by atoms with E-state index >= 15 is 0 Å². The normalized spacial score (nSPS) is 10.1. The highest BCUT2D eigenvalue weighted by molar-refractivity contribution is 6.33. The Morgan fingerprint density at radius 2 is 1.95 bits per heavy atom. The van der Waals surface area contributed by atoms with Crippen LogP contribution in [-0.2, 0) is 0 Å². The molecular formula is C16H16Cl2N2O2. The number of anilines is 1. The van der Waals surface area contributed by atoms with Crippen molar-refractivity contribution in [2.45, 2.75) is 6.92 Å². The minimum Gasteiger partial charge on any atom is -0.491 e. The molecule has 4 nitrogen and oxygen atoms in total. The molecule has 0 saturated carbocycles. The lowest BCUT2D eigenvalue weighted by molar-refractivity contribution is 0.247. The fraction of sp³-hybridized carbons (Fsp3) is 0.188. The summed E-state index contributed by atoms with van der Waals surface area (Å²) in [7, 11) is 0. The first-order chi connectivity index (χ1) is 10.6. The first-order valence-electron chi connectivity index (χ1n) is 6.74. The summed E-state index contributed by atoms with van der Waals surface area (Å²) < 4.78 is 5.59. The van der Waals surface area contributed by atoms with Gasteiger partial charge in [-0.05, 0) is 42.8 Å². The Morgan fingerprint density at radius 3 is 2.68 bits per heavy atom. The molecule has 0 aromatic heterocycles. The van der Waals surface area contributed by atoms with Crippen LogP contribution in [-0.4, -0.2) is 19.2 Å². The molecule has 0 heterocycles. The molecule has 0 aliphatic rings. The number of carbonyl (C=O) groups excluding carboxylic acids is 1. The maximum Gasteiger partial charge on any atom is 0.319 e. The van der Waals surface area contributed by atoms with E-state index in [1.165, 1.54) is 0 Å². The zero-order chi connectivity index (χ0) is 15.9. The standard InChI is InChI=1S/C16H16Cl2N2O2/c1-11-10-12(17)6-7-15(11)22-9-8-19-16(21)20-14-5-3-2-4-13(14)18/h2-7,10H,8-9H2,1H3,(H2,19,20,21). The average Bonchev–Trinajstić information content (AvgIpc) is 2.48. The Balaban J connectivity index is 1.74. The maximum absolute atomic E-state index is 11.7. The van der Waals surface area contributed by atoms with E-state index in [0.29, 0.717) is 28.9 Å². The molecule has 0 aliphatic heterocycles. The number of urea groups is 1. The fourth-order valence-corrected chi connectivity index (χ4v) is 2.24. The molecule has 2 amide bonds. The Bertz CT molecular complexity index is 662. The zero-order valence-corrected chi connectivity index (χ0v) is 13.5. The highest BCUT2D eigenvalue weighted by Crippen LogP contribution is 2.21. The summed E-state index contributed by atoms with van der Waals surface area (Å²) in [4.78, 5) is 11.7. The summed E-state index contributed by atoms with van der Waals surface area (Å²) in [5.74, 6) is 0.748. The number of hydrogen-bond acceptors (Lipinski definition) is 2. The smallest absolute Gasteiger partial charge is 0.319 e. The molecular weight excluding hydrogens is 323 g/mol. The van der Waals surface area contributed by atoms with E-state index in [1.54, 1.807) is 30.3 Å². The van der Waals surface area contributed by atoms with Crippen LogP contribution in [0.2, 0.25) is 10.0 Å². The molecule has 2 aromatic rings. The minimum atomic E-state index is -0.329. The van der Waals surface area contributed by atoms with E-state index in [1.807, 2.05) is 19.1 Å². The molecule has 116 valence electrons. The van der Waals surface area contributed by atoms with Crippen molar-refractivity contribution in [1.82, 2.24) is 5.32 Å². The van der Waals surface area contributed by atoms with Crippen LogP contribution in [0.1, 0.15) is 5.56 Å². The first kappa shape index (κ1) is 16.5. The topological polar surface area (TPSA) is 50.4 Å². The second kappa shape index (κ2) is 7.92. The zero-order valence-electron chi connectivity index (χ0n) is 12.0. The largest absolute Gasteiger partial charge is 0.491 e. The SMILES string of the molecule is Cc1cc(Cl)ccc1OCCNC(=O)Nc1ccccc1Cl. The van der Waals surface area contributed by atoms with Gasteiger partial charge >= 0.3 is 6.03 Å². The van der Waals surface area contributed by atoms with Crippen molar-refractivity contribution in [1.29, 1.82) is 0 Å². The van der Waals surface area contributed by atoms with E-state index in [9.17, 15) is 4.79 Å². The summed E-state index contributed by atoms with van der Waals surface area (Å²) in [6.07, 6.45) is 0. The van der Waals surface area contributed by atoms with Crippen LogP contribution in [0.25, 0.3) is 0 Å². The maximum atomic E-state index is 11.7. The number of carbonyl (C=O) groups is 1. The van der Waals surface area contributed by atoms with Crippen molar-refractivity contribution in [3.63, 3.8) is 0 Å². The predicted octanol–water partition coefficient (Wildman–Crippen LogP) is 4.50. The highest BCUT2D eigenvalue weighted by atomic mass is 35.5. The molecule has 0 aliphatic carbocycles. The molecule has 0 saturated heterocycles. The molecule has 2 rings (SSSR count). The lowest BCUT2D eigenvalue weighted by atomic mass is 10.2. The van der Waals surface area contributed by atoms with Crippen LogP contribution in [0.4, 0.5) is 10.5 Å². The van der Waals surface area contributed by atoms with Crippen LogP contribution in [0.15, 0.2) is 42.5 Å². The number of amides is 2. The van der Waals surface area contributed by atoms with Crippen molar-refractivity contribution < 1.29 is 9.53 Å². The van der Waals surface area contributed by atoms with Crippen molar-refractivity contribution in [3.8, 4) is 5.75 Å². The molecule has 0 radical (unpaired) electrons. The van der Waals surface area contributed by atoms with Gasteiger partial charge in [0.25, 0.3) is 0 Å². The number of benzene rings is 2. The summed E-state index contributed by atoms with van der Waals surface area (Å²) in [6, 6.07) is 12.1. The summed E-state index contributed by atoms with van der Waals surface area (Å²) in [5.41, 5.74) is 1.52. The minimum absolute atomic E-state index is 0.329. The second-order valence-electron chi connectivity index (χ2n) is 4.62. The monoisotopic (exact) mass is 338 g/mol. The van der Waals surface area contributed by atoms with Crippen molar-refractivity contribution in [2.75, 3.05) is 18.5 Å². The Morgan fingerprint density at radius 1 is 1.18 bits per heavy atom. The van der Waals surface area contributed by atoms with Gasteiger partial charge in [0.1, 0.15) is 12.4 Å². The van der Waals surface area contributed by atoms with E-state index < -0.39 is 0 Å². The molecule has 0 spiro atoms. The third-order valence-electron chi connectivity index (χ3n) is 2.90. The second-order valence-corrected chi connectivity index (χ2v) is 5.46. The third kappa shape index (κ3) is 4.83. The van der Waals surface area contributed by atoms with Crippen LogP contribution in [0.5, 0.6) is 5.75 Å². The van der Waals surface area contributed by atoms with Gasteiger partial charge in [0.15, 0.2) is 0 Å². The molecule has 0 atom stereocenters. The number of rotatable bonds is 5. The van der Waals surface area contributed by atoms with Gasteiger partial charge in [-0.1, -0.05) is 35.3 Å². The van der Waals surface area contributed by atoms with Gasteiger partial charge in [-0.2, -0.15) is 0 Å². The van der Waals surface area contributed by atoms with Gasteiger partial charge in [-0.25, -0.2) is 4.79 Å². The van der Waals surface area contributed by atoms with Crippen LogP contribution in [0.3, 0.4) is 0 Å². The molecule has 0 bridgehead atoms. The average molecular weight is 339 g/mol. The number of hydrogen-bond donors (Lipinski definition) is 2. The van der Waals surface area contributed by atoms with Gasteiger partial charge in [-0.15, -0.1) is 0 Å².